The molecule has 0 saturated carbocycles. The number of fused-ring (bicyclic) bond motifs is 1. The molecule has 0 spiro atoms. The summed E-state index contributed by atoms with van der Waals surface area (Å²) < 4.78 is 0. The minimum atomic E-state index is 0.0436. The van der Waals surface area contributed by atoms with Gasteiger partial charge in [0.2, 0.25) is 0 Å². The molecule has 0 bridgehead atoms. The van der Waals surface area contributed by atoms with Gasteiger partial charge in [-0.2, -0.15) is 5.26 Å². The van der Waals surface area contributed by atoms with E-state index in [-0.39, 0.29) is 11.8 Å². The molecule has 2 atom stereocenters. The van der Waals surface area contributed by atoms with Gasteiger partial charge in [-0.25, -0.2) is 0 Å². The Balaban J connectivity index is 2.27. The first kappa shape index (κ1) is 12.9. The normalized spacial score (nSPS) is 19.3. The van der Waals surface area contributed by atoms with E-state index in [1.54, 1.807) is 0 Å². The molecule has 2 nitrogen and oxygen atoms in total. The smallest absolute Gasteiger partial charge is 0.0662 e. The van der Waals surface area contributed by atoms with Crippen LogP contribution in [-0.2, 0) is 0 Å². The maximum Gasteiger partial charge on any atom is 0.0662 e. The van der Waals surface area contributed by atoms with Gasteiger partial charge in [-0.05, 0) is 38.6 Å². The average molecular weight is 240 g/mol. The van der Waals surface area contributed by atoms with Gasteiger partial charge < -0.3 is 4.90 Å². The number of hydrogen-bond donors (Lipinski definition) is 0. The van der Waals surface area contributed by atoms with Gasteiger partial charge in [0.25, 0.3) is 0 Å². The minimum absolute atomic E-state index is 0.0436. The highest BCUT2D eigenvalue weighted by molar-refractivity contribution is 5.67. The molecule has 2 unspecified atom stereocenters. The first-order chi connectivity index (χ1) is 8.63. The first-order valence-corrected chi connectivity index (χ1v) is 6.47. The molecule has 0 aromatic heterocycles. The third-order valence-corrected chi connectivity index (χ3v) is 3.62. The van der Waals surface area contributed by atoms with Gasteiger partial charge >= 0.3 is 0 Å². The van der Waals surface area contributed by atoms with E-state index in [2.05, 4.69) is 55.4 Å². The summed E-state index contributed by atoms with van der Waals surface area (Å²) in [5.41, 5.74) is 4.01. The van der Waals surface area contributed by atoms with E-state index < -0.39 is 0 Å². The number of benzene rings is 1. The highest BCUT2D eigenvalue weighted by atomic mass is 15.0. The monoisotopic (exact) mass is 240 g/mol. The molecule has 0 heterocycles. The van der Waals surface area contributed by atoms with Crippen molar-refractivity contribution in [2.24, 2.45) is 5.92 Å². The summed E-state index contributed by atoms with van der Waals surface area (Å²) in [7, 11) is 4.18. The molecule has 0 radical (unpaired) electrons. The molecule has 0 N–H and O–H groups in total. The van der Waals surface area contributed by atoms with E-state index in [9.17, 15) is 5.26 Å². The van der Waals surface area contributed by atoms with Crippen molar-refractivity contribution in [3.05, 3.63) is 41.0 Å². The van der Waals surface area contributed by atoms with Crippen LogP contribution in [0.3, 0.4) is 0 Å². The van der Waals surface area contributed by atoms with Crippen molar-refractivity contribution in [1.29, 1.82) is 5.26 Å². The van der Waals surface area contributed by atoms with Crippen LogP contribution in [0.5, 0.6) is 0 Å². The van der Waals surface area contributed by atoms with E-state index in [4.69, 9.17) is 0 Å². The molecule has 1 aliphatic rings. The van der Waals surface area contributed by atoms with Crippen molar-refractivity contribution in [1.82, 2.24) is 4.90 Å². The zero-order valence-corrected chi connectivity index (χ0v) is 11.4. The maximum atomic E-state index is 9.23. The van der Waals surface area contributed by atoms with E-state index in [1.165, 1.54) is 16.7 Å². The van der Waals surface area contributed by atoms with Crippen LogP contribution in [0.15, 0.2) is 29.8 Å². The zero-order valence-electron chi connectivity index (χ0n) is 11.4. The van der Waals surface area contributed by atoms with Gasteiger partial charge in [-0.3, -0.25) is 0 Å². The lowest BCUT2D eigenvalue weighted by atomic mass is 9.84. The standard InChI is InChI=1S/C16H20N2/c1-12(11-17)16-14(8-9-18(2)3)10-13-6-4-5-7-15(13)16/h4-7,10,12,16H,8-9H2,1-3H3. The molecule has 2 rings (SSSR count). The van der Waals surface area contributed by atoms with E-state index in [0.29, 0.717) is 0 Å². The van der Waals surface area contributed by atoms with Crippen LogP contribution < -0.4 is 0 Å². The van der Waals surface area contributed by atoms with E-state index in [0.717, 1.165) is 13.0 Å². The predicted octanol–water partition coefficient (Wildman–Crippen LogP) is 3.28. The summed E-state index contributed by atoms with van der Waals surface area (Å²) in [6.45, 7) is 3.06. The third kappa shape index (κ3) is 2.47. The fraction of sp³-hybridized carbons (Fsp3) is 0.438. The third-order valence-electron chi connectivity index (χ3n) is 3.62. The first-order valence-electron chi connectivity index (χ1n) is 6.47. The van der Waals surface area contributed by atoms with Gasteiger partial charge in [-0.1, -0.05) is 35.9 Å². The summed E-state index contributed by atoms with van der Waals surface area (Å²) in [5.74, 6) is 0.327. The van der Waals surface area contributed by atoms with Gasteiger partial charge in [0.15, 0.2) is 0 Å². The fourth-order valence-corrected chi connectivity index (χ4v) is 2.66. The van der Waals surface area contributed by atoms with Crippen LogP contribution >= 0.6 is 0 Å². The molecule has 18 heavy (non-hydrogen) atoms. The van der Waals surface area contributed by atoms with Crippen molar-refractivity contribution in [2.75, 3.05) is 20.6 Å². The van der Waals surface area contributed by atoms with Gasteiger partial charge in [0, 0.05) is 12.5 Å². The topological polar surface area (TPSA) is 27.0 Å². The zero-order chi connectivity index (χ0) is 13.1. The lowest BCUT2D eigenvalue weighted by Gasteiger charge is -2.20. The molecule has 1 aliphatic carbocycles. The van der Waals surface area contributed by atoms with Crippen LogP contribution in [-0.4, -0.2) is 25.5 Å². The summed E-state index contributed by atoms with van der Waals surface area (Å²) in [6, 6.07) is 10.9. The Labute approximate surface area is 110 Å². The molecule has 1 aromatic carbocycles. The highest BCUT2D eigenvalue weighted by Gasteiger charge is 2.29. The maximum absolute atomic E-state index is 9.23. The predicted molar refractivity (Wildman–Crippen MR) is 75.1 cm³/mol. The quantitative estimate of drug-likeness (QED) is 0.807. The molecule has 0 saturated heterocycles. The fourth-order valence-electron chi connectivity index (χ4n) is 2.66. The van der Waals surface area contributed by atoms with Crippen molar-refractivity contribution in [3.8, 4) is 6.07 Å². The van der Waals surface area contributed by atoms with Crippen LogP contribution in [0.2, 0.25) is 0 Å². The number of nitrogens with zero attached hydrogens (tertiary/aromatic N) is 2. The number of nitriles is 1. The SMILES string of the molecule is CC(C#N)C1C(CCN(C)C)=Cc2ccccc21. The Morgan fingerprint density at radius 3 is 2.72 bits per heavy atom. The number of hydrogen-bond acceptors (Lipinski definition) is 2. The van der Waals surface area contributed by atoms with Gasteiger partial charge in [0.1, 0.15) is 0 Å². The van der Waals surface area contributed by atoms with Crippen LogP contribution in [0.25, 0.3) is 6.08 Å². The van der Waals surface area contributed by atoms with Gasteiger partial charge in [0.05, 0.1) is 12.0 Å². The Hall–Kier alpha value is -1.59. The number of rotatable bonds is 4. The second kappa shape index (κ2) is 5.37. The molecular formula is C16H20N2. The summed E-state index contributed by atoms with van der Waals surface area (Å²) >= 11 is 0. The van der Waals surface area contributed by atoms with Crippen molar-refractivity contribution in [2.45, 2.75) is 19.3 Å². The summed E-state index contributed by atoms with van der Waals surface area (Å²) in [4.78, 5) is 2.19. The van der Waals surface area contributed by atoms with Gasteiger partial charge in [-0.15, -0.1) is 0 Å². The molecule has 94 valence electrons. The Morgan fingerprint density at radius 1 is 1.33 bits per heavy atom. The molecule has 1 aromatic rings. The second-order valence-electron chi connectivity index (χ2n) is 5.30. The molecule has 0 aliphatic heterocycles. The summed E-state index contributed by atoms with van der Waals surface area (Å²) in [6.07, 6.45) is 3.32. The van der Waals surface area contributed by atoms with Crippen molar-refractivity contribution < 1.29 is 0 Å². The van der Waals surface area contributed by atoms with Crippen LogP contribution in [0.4, 0.5) is 0 Å². The van der Waals surface area contributed by atoms with E-state index >= 15 is 0 Å². The Morgan fingerprint density at radius 2 is 2.06 bits per heavy atom. The Kier molecular flexibility index (Phi) is 3.84. The average Bonchev–Trinajstić information content (AvgIpc) is 2.73. The molecule has 2 heteroatoms. The minimum Gasteiger partial charge on any atom is -0.309 e. The largest absolute Gasteiger partial charge is 0.309 e. The Bertz CT molecular complexity index is 494. The van der Waals surface area contributed by atoms with Crippen molar-refractivity contribution >= 4 is 6.08 Å². The van der Waals surface area contributed by atoms with Crippen LogP contribution in [0, 0.1) is 17.2 Å². The lowest BCUT2D eigenvalue weighted by molar-refractivity contribution is 0.407. The molecule has 0 amide bonds. The second-order valence-corrected chi connectivity index (χ2v) is 5.30. The summed E-state index contributed by atoms with van der Waals surface area (Å²) in [5, 5.41) is 9.23. The van der Waals surface area contributed by atoms with Crippen LogP contribution in [0.1, 0.15) is 30.4 Å². The molecule has 0 fully saturated rings. The molecular weight excluding hydrogens is 220 g/mol. The van der Waals surface area contributed by atoms with E-state index in [1.807, 2.05) is 6.92 Å². The lowest BCUT2D eigenvalue weighted by Crippen LogP contribution is -2.16. The highest BCUT2D eigenvalue weighted by Crippen LogP contribution is 2.42. The van der Waals surface area contributed by atoms with Crippen molar-refractivity contribution in [3.63, 3.8) is 0 Å².